The smallest absolute Gasteiger partial charge is 0.227 e. The quantitative estimate of drug-likeness (QED) is 0.775. The van der Waals surface area contributed by atoms with E-state index in [1.54, 1.807) is 0 Å². The second-order valence-corrected chi connectivity index (χ2v) is 8.79. The molecule has 0 atom stereocenters. The third-order valence-corrected chi connectivity index (χ3v) is 6.41. The van der Waals surface area contributed by atoms with Crippen molar-refractivity contribution in [3.8, 4) is 0 Å². The molecule has 1 aromatic rings. The molecule has 0 spiro atoms. The van der Waals surface area contributed by atoms with Crippen LogP contribution < -0.4 is 10.6 Å². The number of rotatable bonds is 6. The lowest BCUT2D eigenvalue weighted by atomic mass is 9.94. The van der Waals surface area contributed by atoms with E-state index < -0.39 is 0 Å². The second kappa shape index (κ2) is 8.97. The van der Waals surface area contributed by atoms with E-state index >= 15 is 0 Å². The highest BCUT2D eigenvalue weighted by molar-refractivity contribution is 5.93. The molecule has 4 rings (SSSR count). The van der Waals surface area contributed by atoms with E-state index in [1.807, 2.05) is 29.2 Å². The SMILES string of the molecule is O=C(Cc1ccc(NC(=O)C2CCN(C(=O)C3CCCC3)CC2)cc1)NC1CC1. The maximum atomic E-state index is 12.6. The Bertz CT molecular complexity index is 743. The van der Waals surface area contributed by atoms with Crippen LogP contribution >= 0.6 is 0 Å². The van der Waals surface area contributed by atoms with Crippen molar-refractivity contribution in [2.75, 3.05) is 18.4 Å². The Kier molecular flexibility index (Phi) is 6.16. The van der Waals surface area contributed by atoms with Crippen molar-refractivity contribution in [3.63, 3.8) is 0 Å². The molecule has 2 saturated carbocycles. The number of piperidine rings is 1. The number of benzene rings is 1. The van der Waals surface area contributed by atoms with Gasteiger partial charge < -0.3 is 15.5 Å². The van der Waals surface area contributed by atoms with Crippen molar-refractivity contribution >= 4 is 23.4 Å². The van der Waals surface area contributed by atoms with Gasteiger partial charge in [-0.05, 0) is 56.2 Å². The average molecular weight is 398 g/mol. The molecule has 0 aromatic heterocycles. The van der Waals surface area contributed by atoms with Crippen molar-refractivity contribution in [1.82, 2.24) is 10.2 Å². The molecule has 3 aliphatic rings. The van der Waals surface area contributed by atoms with Gasteiger partial charge >= 0.3 is 0 Å². The van der Waals surface area contributed by atoms with Gasteiger partial charge in [-0.1, -0.05) is 25.0 Å². The lowest BCUT2D eigenvalue weighted by Crippen LogP contribution is -2.43. The van der Waals surface area contributed by atoms with Crippen molar-refractivity contribution in [2.24, 2.45) is 11.8 Å². The lowest BCUT2D eigenvalue weighted by molar-refractivity contribution is -0.138. The standard InChI is InChI=1S/C23H31N3O3/c27-21(24-19-9-10-19)15-16-5-7-20(8-6-16)25-22(28)17-11-13-26(14-12-17)23(29)18-3-1-2-4-18/h5-8,17-19H,1-4,9-15H2,(H,24,27)(H,25,28). The van der Waals surface area contributed by atoms with Crippen LogP contribution in [-0.4, -0.2) is 41.8 Å². The van der Waals surface area contributed by atoms with Gasteiger partial charge in [0.05, 0.1) is 6.42 Å². The van der Waals surface area contributed by atoms with Gasteiger partial charge in [-0.2, -0.15) is 0 Å². The van der Waals surface area contributed by atoms with E-state index in [1.165, 1.54) is 12.8 Å². The second-order valence-electron chi connectivity index (χ2n) is 8.79. The zero-order valence-corrected chi connectivity index (χ0v) is 17.0. The summed E-state index contributed by atoms with van der Waals surface area (Å²) in [6.45, 7) is 1.37. The van der Waals surface area contributed by atoms with Crippen molar-refractivity contribution in [1.29, 1.82) is 0 Å². The molecule has 0 unspecified atom stereocenters. The summed E-state index contributed by atoms with van der Waals surface area (Å²) < 4.78 is 0. The Morgan fingerprint density at radius 3 is 2.14 bits per heavy atom. The van der Waals surface area contributed by atoms with Crippen LogP contribution in [-0.2, 0) is 20.8 Å². The van der Waals surface area contributed by atoms with Gasteiger partial charge in [0.2, 0.25) is 17.7 Å². The number of nitrogens with one attached hydrogen (secondary N) is 2. The lowest BCUT2D eigenvalue weighted by Gasteiger charge is -2.33. The summed E-state index contributed by atoms with van der Waals surface area (Å²) >= 11 is 0. The minimum absolute atomic E-state index is 0.0252. The first-order valence-corrected chi connectivity index (χ1v) is 11.1. The number of likely N-dealkylation sites (tertiary alicyclic amines) is 1. The highest BCUT2D eigenvalue weighted by Gasteiger charge is 2.32. The number of carbonyl (C=O) groups is 3. The van der Waals surface area contributed by atoms with Crippen LogP contribution in [0.1, 0.15) is 56.9 Å². The van der Waals surface area contributed by atoms with Gasteiger partial charge in [0.1, 0.15) is 0 Å². The molecule has 6 nitrogen and oxygen atoms in total. The normalized spacial score (nSPS) is 20.5. The molecule has 29 heavy (non-hydrogen) atoms. The number of hydrogen-bond acceptors (Lipinski definition) is 3. The van der Waals surface area contributed by atoms with Crippen LogP contribution in [0, 0.1) is 11.8 Å². The van der Waals surface area contributed by atoms with Crippen molar-refractivity contribution in [2.45, 2.75) is 63.8 Å². The van der Waals surface area contributed by atoms with Gasteiger partial charge in [0.15, 0.2) is 0 Å². The molecule has 2 N–H and O–H groups in total. The van der Waals surface area contributed by atoms with Crippen LogP contribution in [0.4, 0.5) is 5.69 Å². The van der Waals surface area contributed by atoms with Gasteiger partial charge in [-0.15, -0.1) is 0 Å². The molecular formula is C23H31N3O3. The number of amides is 3. The number of carbonyl (C=O) groups excluding carboxylic acids is 3. The summed E-state index contributed by atoms with van der Waals surface area (Å²) in [5.41, 5.74) is 1.70. The summed E-state index contributed by atoms with van der Waals surface area (Å²) in [4.78, 5) is 39.0. The molecule has 1 saturated heterocycles. The van der Waals surface area contributed by atoms with Crippen molar-refractivity contribution in [3.05, 3.63) is 29.8 Å². The number of anilines is 1. The number of nitrogens with zero attached hydrogens (tertiary/aromatic N) is 1. The Morgan fingerprint density at radius 2 is 1.52 bits per heavy atom. The van der Waals surface area contributed by atoms with E-state index in [0.717, 1.165) is 49.8 Å². The first kappa shape index (κ1) is 19.9. The fraction of sp³-hybridized carbons (Fsp3) is 0.609. The molecule has 1 aromatic carbocycles. The molecule has 156 valence electrons. The molecular weight excluding hydrogens is 366 g/mol. The summed E-state index contributed by atoms with van der Waals surface area (Å²) in [7, 11) is 0. The molecule has 1 aliphatic heterocycles. The Labute approximate surface area is 172 Å². The maximum Gasteiger partial charge on any atom is 0.227 e. The molecule has 6 heteroatoms. The summed E-state index contributed by atoms with van der Waals surface area (Å²) in [5.74, 6) is 0.542. The van der Waals surface area contributed by atoms with Gasteiger partial charge in [-0.25, -0.2) is 0 Å². The highest BCUT2D eigenvalue weighted by atomic mass is 16.2. The van der Waals surface area contributed by atoms with E-state index in [-0.39, 0.29) is 23.7 Å². The molecule has 0 radical (unpaired) electrons. The third-order valence-electron chi connectivity index (χ3n) is 6.41. The Balaban J connectivity index is 1.22. The zero-order chi connectivity index (χ0) is 20.2. The van der Waals surface area contributed by atoms with E-state index in [2.05, 4.69) is 10.6 Å². The predicted molar refractivity (Wildman–Crippen MR) is 111 cm³/mol. The van der Waals surface area contributed by atoms with E-state index in [4.69, 9.17) is 0 Å². The molecule has 2 aliphatic carbocycles. The molecule has 3 fully saturated rings. The Hall–Kier alpha value is -2.37. The summed E-state index contributed by atoms with van der Waals surface area (Å²) in [5, 5.41) is 5.98. The minimum Gasteiger partial charge on any atom is -0.353 e. The molecule has 3 amide bonds. The van der Waals surface area contributed by atoms with Crippen LogP contribution in [0.3, 0.4) is 0 Å². The van der Waals surface area contributed by atoms with Crippen LogP contribution in [0.15, 0.2) is 24.3 Å². The first-order valence-electron chi connectivity index (χ1n) is 11.1. The molecule has 0 bridgehead atoms. The van der Waals surface area contributed by atoms with Crippen LogP contribution in [0.25, 0.3) is 0 Å². The maximum absolute atomic E-state index is 12.6. The van der Waals surface area contributed by atoms with Gasteiger partial charge in [-0.3, -0.25) is 14.4 Å². The van der Waals surface area contributed by atoms with Crippen LogP contribution in [0.2, 0.25) is 0 Å². The topological polar surface area (TPSA) is 78.5 Å². The fourth-order valence-electron chi connectivity index (χ4n) is 4.44. The largest absolute Gasteiger partial charge is 0.353 e. The van der Waals surface area contributed by atoms with E-state index in [9.17, 15) is 14.4 Å². The van der Waals surface area contributed by atoms with Crippen LogP contribution in [0.5, 0.6) is 0 Å². The van der Waals surface area contributed by atoms with Gasteiger partial charge in [0.25, 0.3) is 0 Å². The highest BCUT2D eigenvalue weighted by Crippen LogP contribution is 2.29. The summed E-state index contributed by atoms with van der Waals surface area (Å²) in [6.07, 6.45) is 8.38. The van der Waals surface area contributed by atoms with Crippen molar-refractivity contribution < 1.29 is 14.4 Å². The van der Waals surface area contributed by atoms with E-state index in [0.29, 0.717) is 31.5 Å². The monoisotopic (exact) mass is 397 g/mol. The third kappa shape index (κ3) is 5.37. The summed E-state index contributed by atoms with van der Waals surface area (Å²) in [6, 6.07) is 7.88. The average Bonchev–Trinajstić information content (AvgIpc) is 3.37. The minimum atomic E-state index is -0.0494. The molecule has 1 heterocycles. The van der Waals surface area contributed by atoms with Gasteiger partial charge in [0, 0.05) is 36.7 Å². The predicted octanol–water partition coefficient (Wildman–Crippen LogP) is 2.88. The number of hydrogen-bond donors (Lipinski definition) is 2. The Morgan fingerprint density at radius 1 is 0.862 bits per heavy atom. The fourth-order valence-corrected chi connectivity index (χ4v) is 4.44. The first-order chi connectivity index (χ1) is 14.1. The zero-order valence-electron chi connectivity index (χ0n) is 17.0.